The Kier molecular flexibility index (Phi) is 5.36. The maximum Gasteiger partial charge on any atom is 0.0297 e. The summed E-state index contributed by atoms with van der Waals surface area (Å²) in [6.07, 6.45) is 2.15. The van der Waals surface area contributed by atoms with Gasteiger partial charge in [0.15, 0.2) is 0 Å². The quantitative estimate of drug-likeness (QED) is 0.838. The third-order valence-electron chi connectivity index (χ3n) is 3.06. The van der Waals surface area contributed by atoms with Crippen LogP contribution in [0.1, 0.15) is 36.6 Å². The summed E-state index contributed by atoms with van der Waals surface area (Å²) in [5.74, 6) is 1.16. The Morgan fingerprint density at radius 1 is 1.25 bits per heavy atom. The summed E-state index contributed by atoms with van der Waals surface area (Å²) in [7, 11) is 0. The van der Waals surface area contributed by atoms with Crippen LogP contribution in [0.4, 0.5) is 0 Å². The van der Waals surface area contributed by atoms with Crippen molar-refractivity contribution in [2.45, 2.75) is 39.8 Å². The average molecular weight is 237 g/mol. The van der Waals surface area contributed by atoms with Crippen LogP contribution < -0.4 is 5.32 Å². The summed E-state index contributed by atoms with van der Waals surface area (Å²) in [6, 6.07) is 7.55. The predicted octanol–water partition coefficient (Wildman–Crippen LogP) is 3.71. The molecular formula is C14H23NS. The van der Waals surface area contributed by atoms with Crippen LogP contribution in [0.15, 0.2) is 18.2 Å². The van der Waals surface area contributed by atoms with Gasteiger partial charge in [0.1, 0.15) is 0 Å². The second kappa shape index (κ2) is 6.31. The number of hydrogen-bond acceptors (Lipinski definition) is 2. The van der Waals surface area contributed by atoms with Crippen LogP contribution in [0, 0.1) is 13.8 Å². The summed E-state index contributed by atoms with van der Waals surface area (Å²) in [5.41, 5.74) is 4.22. The zero-order valence-electron chi connectivity index (χ0n) is 11.0. The first-order valence-electron chi connectivity index (χ1n) is 5.87. The van der Waals surface area contributed by atoms with Crippen LogP contribution in [0.2, 0.25) is 0 Å². The van der Waals surface area contributed by atoms with Gasteiger partial charge in [-0.05, 0) is 50.6 Å². The lowest BCUT2D eigenvalue weighted by Crippen LogP contribution is -2.31. The van der Waals surface area contributed by atoms with E-state index in [0.717, 1.165) is 5.75 Å². The van der Waals surface area contributed by atoms with E-state index >= 15 is 0 Å². The number of nitrogens with one attached hydrogen (secondary N) is 1. The molecule has 0 radical (unpaired) electrons. The molecule has 0 aliphatic heterocycles. The number of aryl methyl sites for hydroxylation is 1. The largest absolute Gasteiger partial charge is 0.307 e. The highest BCUT2D eigenvalue weighted by Gasteiger charge is 2.11. The number of thioether (sulfide) groups is 1. The standard InChI is InChI=1S/C14H23NS/c1-10-7-6-8-14(12(10)3)13(4)15-11(2)9-16-5/h6-8,11,13,15H,9H2,1-5H3. The summed E-state index contributed by atoms with van der Waals surface area (Å²) >= 11 is 1.89. The van der Waals surface area contributed by atoms with Gasteiger partial charge in [0, 0.05) is 17.8 Å². The van der Waals surface area contributed by atoms with Gasteiger partial charge in [0.05, 0.1) is 0 Å². The zero-order valence-corrected chi connectivity index (χ0v) is 11.8. The van der Waals surface area contributed by atoms with Gasteiger partial charge in [0.2, 0.25) is 0 Å². The highest BCUT2D eigenvalue weighted by atomic mass is 32.2. The smallest absolute Gasteiger partial charge is 0.0297 e. The fraction of sp³-hybridized carbons (Fsp3) is 0.571. The van der Waals surface area contributed by atoms with E-state index in [1.54, 1.807) is 0 Å². The van der Waals surface area contributed by atoms with Gasteiger partial charge in [-0.25, -0.2) is 0 Å². The van der Waals surface area contributed by atoms with E-state index in [-0.39, 0.29) is 0 Å². The molecule has 1 aromatic rings. The first-order chi connectivity index (χ1) is 7.56. The lowest BCUT2D eigenvalue weighted by Gasteiger charge is -2.22. The van der Waals surface area contributed by atoms with E-state index in [1.807, 2.05) is 11.8 Å². The third-order valence-corrected chi connectivity index (χ3v) is 3.90. The second-order valence-corrected chi connectivity index (χ2v) is 5.44. The molecule has 0 fully saturated rings. The highest BCUT2D eigenvalue weighted by Crippen LogP contribution is 2.20. The van der Waals surface area contributed by atoms with E-state index in [4.69, 9.17) is 0 Å². The zero-order chi connectivity index (χ0) is 12.1. The van der Waals surface area contributed by atoms with E-state index < -0.39 is 0 Å². The van der Waals surface area contributed by atoms with Crippen LogP contribution in [-0.4, -0.2) is 18.1 Å². The Morgan fingerprint density at radius 3 is 2.56 bits per heavy atom. The Bertz CT molecular complexity index is 336. The molecule has 1 nitrogen and oxygen atoms in total. The van der Waals surface area contributed by atoms with Crippen LogP contribution in [-0.2, 0) is 0 Å². The van der Waals surface area contributed by atoms with Gasteiger partial charge in [-0.1, -0.05) is 18.2 Å². The summed E-state index contributed by atoms with van der Waals surface area (Å²) in [5, 5.41) is 3.64. The Labute approximate surface area is 104 Å². The maximum atomic E-state index is 3.64. The molecule has 1 N–H and O–H groups in total. The van der Waals surface area contributed by atoms with Crippen molar-refractivity contribution in [3.8, 4) is 0 Å². The van der Waals surface area contributed by atoms with Crippen molar-refractivity contribution in [1.29, 1.82) is 0 Å². The van der Waals surface area contributed by atoms with Crippen LogP contribution >= 0.6 is 11.8 Å². The van der Waals surface area contributed by atoms with Crippen LogP contribution in [0.5, 0.6) is 0 Å². The topological polar surface area (TPSA) is 12.0 Å². The van der Waals surface area contributed by atoms with Crippen LogP contribution in [0.3, 0.4) is 0 Å². The molecule has 0 saturated heterocycles. The molecule has 0 aliphatic carbocycles. The van der Waals surface area contributed by atoms with Gasteiger partial charge in [-0.2, -0.15) is 11.8 Å². The van der Waals surface area contributed by atoms with Crippen LogP contribution in [0.25, 0.3) is 0 Å². The van der Waals surface area contributed by atoms with Gasteiger partial charge >= 0.3 is 0 Å². The third kappa shape index (κ3) is 3.53. The van der Waals surface area contributed by atoms with Gasteiger partial charge in [0.25, 0.3) is 0 Å². The van der Waals surface area contributed by atoms with Gasteiger partial charge in [-0.3, -0.25) is 0 Å². The predicted molar refractivity (Wildman–Crippen MR) is 75.3 cm³/mol. The monoisotopic (exact) mass is 237 g/mol. The molecule has 0 spiro atoms. The molecule has 2 atom stereocenters. The van der Waals surface area contributed by atoms with Crippen molar-refractivity contribution in [3.63, 3.8) is 0 Å². The normalized spacial score (nSPS) is 14.8. The minimum Gasteiger partial charge on any atom is -0.307 e. The molecule has 0 bridgehead atoms. The Balaban J connectivity index is 2.72. The summed E-state index contributed by atoms with van der Waals surface area (Å²) in [6.45, 7) is 8.88. The minimum absolute atomic E-state index is 0.432. The molecule has 90 valence electrons. The molecule has 2 heteroatoms. The number of benzene rings is 1. The first-order valence-corrected chi connectivity index (χ1v) is 7.26. The fourth-order valence-electron chi connectivity index (χ4n) is 2.06. The second-order valence-electron chi connectivity index (χ2n) is 4.53. The molecule has 0 aliphatic rings. The van der Waals surface area contributed by atoms with Crippen molar-refractivity contribution in [2.24, 2.45) is 0 Å². The molecule has 1 aromatic carbocycles. The molecular weight excluding hydrogens is 214 g/mol. The number of hydrogen-bond donors (Lipinski definition) is 1. The molecule has 0 aromatic heterocycles. The van der Waals surface area contributed by atoms with E-state index in [9.17, 15) is 0 Å². The Morgan fingerprint density at radius 2 is 1.94 bits per heavy atom. The van der Waals surface area contributed by atoms with Gasteiger partial charge < -0.3 is 5.32 Å². The molecule has 0 heterocycles. The van der Waals surface area contributed by atoms with Crippen molar-refractivity contribution >= 4 is 11.8 Å². The lowest BCUT2D eigenvalue weighted by atomic mass is 9.98. The first kappa shape index (κ1) is 13.6. The van der Waals surface area contributed by atoms with E-state index in [2.05, 4.69) is 57.5 Å². The van der Waals surface area contributed by atoms with Crippen molar-refractivity contribution < 1.29 is 0 Å². The van der Waals surface area contributed by atoms with Crippen molar-refractivity contribution in [3.05, 3.63) is 34.9 Å². The van der Waals surface area contributed by atoms with E-state index in [0.29, 0.717) is 12.1 Å². The van der Waals surface area contributed by atoms with Crippen molar-refractivity contribution in [1.82, 2.24) is 5.32 Å². The summed E-state index contributed by atoms with van der Waals surface area (Å²) < 4.78 is 0. The lowest BCUT2D eigenvalue weighted by molar-refractivity contribution is 0.509. The van der Waals surface area contributed by atoms with Crippen molar-refractivity contribution in [2.75, 3.05) is 12.0 Å². The highest BCUT2D eigenvalue weighted by molar-refractivity contribution is 7.98. The average Bonchev–Trinajstić information content (AvgIpc) is 2.22. The minimum atomic E-state index is 0.432. The van der Waals surface area contributed by atoms with Gasteiger partial charge in [-0.15, -0.1) is 0 Å². The molecule has 0 saturated carbocycles. The Hall–Kier alpha value is -0.470. The molecule has 0 amide bonds. The number of rotatable bonds is 5. The van der Waals surface area contributed by atoms with E-state index in [1.165, 1.54) is 16.7 Å². The fourth-order valence-corrected chi connectivity index (χ4v) is 2.65. The molecule has 2 unspecified atom stereocenters. The molecule has 16 heavy (non-hydrogen) atoms. The SMILES string of the molecule is CSCC(C)NC(C)c1cccc(C)c1C. The summed E-state index contributed by atoms with van der Waals surface area (Å²) in [4.78, 5) is 0. The molecule has 1 rings (SSSR count). The maximum absolute atomic E-state index is 3.64.